The lowest BCUT2D eigenvalue weighted by Crippen LogP contribution is -2.10. The van der Waals surface area contributed by atoms with E-state index in [0.717, 1.165) is 17.7 Å². The SMILES string of the molecule is C=N/C(=C\C(Oc1cccc(C(F)(F)F)c1)=C(C)C)[C@@H]1CC(Br)=NO1. The van der Waals surface area contributed by atoms with E-state index in [9.17, 15) is 13.2 Å². The fraction of sp³-hybridized carbons (Fsp3) is 0.294. The topological polar surface area (TPSA) is 43.2 Å². The van der Waals surface area contributed by atoms with Crippen LogP contribution >= 0.6 is 15.9 Å². The van der Waals surface area contributed by atoms with Gasteiger partial charge in [-0.05, 0) is 60.3 Å². The van der Waals surface area contributed by atoms with E-state index in [1.807, 2.05) is 0 Å². The molecule has 2 rings (SSSR count). The van der Waals surface area contributed by atoms with Gasteiger partial charge >= 0.3 is 6.18 Å². The maximum atomic E-state index is 12.8. The number of hydrogen-bond donors (Lipinski definition) is 0. The van der Waals surface area contributed by atoms with E-state index in [1.54, 1.807) is 19.9 Å². The number of rotatable bonds is 5. The Morgan fingerprint density at radius 1 is 1.44 bits per heavy atom. The zero-order chi connectivity index (χ0) is 18.6. The van der Waals surface area contributed by atoms with E-state index in [-0.39, 0.29) is 5.75 Å². The third kappa shape index (κ3) is 5.19. The smallest absolute Gasteiger partial charge is 0.416 e. The summed E-state index contributed by atoms with van der Waals surface area (Å²) in [6.45, 7) is 7.06. The monoisotopic (exact) mass is 416 g/mol. The zero-order valence-electron chi connectivity index (χ0n) is 13.6. The van der Waals surface area contributed by atoms with Crippen molar-refractivity contribution in [1.82, 2.24) is 0 Å². The molecule has 0 spiro atoms. The molecule has 0 bridgehead atoms. The van der Waals surface area contributed by atoms with Crippen molar-refractivity contribution < 1.29 is 22.7 Å². The first-order chi connectivity index (χ1) is 11.7. The second-order valence-electron chi connectivity index (χ2n) is 5.48. The van der Waals surface area contributed by atoms with Crippen LogP contribution in [0, 0.1) is 0 Å². The highest BCUT2D eigenvalue weighted by molar-refractivity contribution is 9.18. The Morgan fingerprint density at radius 3 is 2.68 bits per heavy atom. The molecular weight excluding hydrogens is 401 g/mol. The number of oxime groups is 1. The van der Waals surface area contributed by atoms with Crippen molar-refractivity contribution in [2.75, 3.05) is 0 Å². The van der Waals surface area contributed by atoms with Crippen molar-refractivity contribution in [1.29, 1.82) is 0 Å². The molecule has 1 atom stereocenters. The summed E-state index contributed by atoms with van der Waals surface area (Å²) in [5.41, 5.74) is 0.457. The minimum Gasteiger partial charge on any atom is -0.457 e. The Labute approximate surface area is 151 Å². The van der Waals surface area contributed by atoms with E-state index >= 15 is 0 Å². The molecule has 0 unspecified atom stereocenters. The predicted octanol–water partition coefficient (Wildman–Crippen LogP) is 5.46. The normalized spacial score (nSPS) is 17.6. The quantitative estimate of drug-likeness (QED) is 0.363. The Morgan fingerprint density at radius 2 is 2.16 bits per heavy atom. The van der Waals surface area contributed by atoms with Crippen molar-refractivity contribution in [3.63, 3.8) is 0 Å². The molecule has 1 aromatic rings. The molecule has 1 heterocycles. The van der Waals surface area contributed by atoms with Crippen LogP contribution in [0.2, 0.25) is 0 Å². The van der Waals surface area contributed by atoms with E-state index in [4.69, 9.17) is 9.57 Å². The number of ether oxygens (including phenoxy) is 1. The van der Waals surface area contributed by atoms with Gasteiger partial charge in [0, 0.05) is 12.5 Å². The Hall–Kier alpha value is -2.09. The van der Waals surface area contributed by atoms with Crippen LogP contribution in [0.3, 0.4) is 0 Å². The molecule has 0 N–H and O–H groups in total. The molecule has 1 aliphatic heterocycles. The first-order valence-electron chi connectivity index (χ1n) is 7.30. The Bertz CT molecular complexity index is 751. The number of hydrogen-bond acceptors (Lipinski definition) is 4. The maximum Gasteiger partial charge on any atom is 0.416 e. The standard InChI is InChI=1S/C17H16BrF3N2O2/c1-10(2)14(8-13(22-3)15-9-16(18)23-25-15)24-12-6-4-5-11(7-12)17(19,20)21/h4-8,15H,3,9H2,1-2H3/b13-8-/t15-/m0/s1. The van der Waals surface area contributed by atoms with Gasteiger partial charge in [-0.3, -0.25) is 4.99 Å². The third-order valence-corrected chi connectivity index (χ3v) is 3.77. The zero-order valence-corrected chi connectivity index (χ0v) is 15.2. The minimum atomic E-state index is -4.44. The van der Waals surface area contributed by atoms with Crippen molar-refractivity contribution >= 4 is 27.3 Å². The van der Waals surface area contributed by atoms with E-state index in [2.05, 4.69) is 32.8 Å². The average molecular weight is 417 g/mol. The summed E-state index contributed by atoms with van der Waals surface area (Å²) in [7, 11) is 0. The Balaban J connectivity index is 2.27. The van der Waals surface area contributed by atoms with Gasteiger partial charge in [0.25, 0.3) is 0 Å². The highest BCUT2D eigenvalue weighted by atomic mass is 79.9. The molecule has 0 aliphatic carbocycles. The summed E-state index contributed by atoms with van der Waals surface area (Å²) in [5.74, 6) is 0.448. The molecule has 1 aromatic carbocycles. The predicted molar refractivity (Wildman–Crippen MR) is 93.9 cm³/mol. The molecule has 0 saturated heterocycles. The summed E-state index contributed by atoms with van der Waals surface area (Å²) < 4.78 is 44.8. The molecule has 0 saturated carbocycles. The van der Waals surface area contributed by atoms with Crippen LogP contribution in [-0.4, -0.2) is 17.4 Å². The largest absolute Gasteiger partial charge is 0.457 e. The highest BCUT2D eigenvalue weighted by Gasteiger charge is 2.30. The first-order valence-corrected chi connectivity index (χ1v) is 8.09. The van der Waals surface area contributed by atoms with E-state index in [0.29, 0.717) is 22.5 Å². The molecule has 0 fully saturated rings. The molecule has 8 heteroatoms. The van der Waals surface area contributed by atoms with E-state index in [1.165, 1.54) is 12.1 Å². The number of allylic oxidation sites excluding steroid dienone is 2. The highest BCUT2D eigenvalue weighted by Crippen LogP contribution is 2.32. The average Bonchev–Trinajstić information content (AvgIpc) is 2.97. The summed E-state index contributed by atoms with van der Waals surface area (Å²) in [6, 6.07) is 4.69. The summed E-state index contributed by atoms with van der Waals surface area (Å²) in [6.07, 6.45) is -2.78. The summed E-state index contributed by atoms with van der Waals surface area (Å²) in [5, 5.41) is 3.78. The molecule has 4 nitrogen and oxygen atoms in total. The lowest BCUT2D eigenvalue weighted by atomic mass is 10.1. The van der Waals surface area contributed by atoms with Gasteiger partial charge in [0.1, 0.15) is 16.1 Å². The molecule has 0 aromatic heterocycles. The lowest BCUT2D eigenvalue weighted by Gasteiger charge is -2.14. The van der Waals surface area contributed by atoms with Gasteiger partial charge in [-0.25, -0.2) is 0 Å². The second-order valence-corrected chi connectivity index (χ2v) is 6.40. The molecular formula is C17H16BrF3N2O2. The molecule has 0 amide bonds. The molecule has 25 heavy (non-hydrogen) atoms. The van der Waals surface area contributed by atoms with Crippen molar-refractivity contribution in [3.8, 4) is 5.75 Å². The fourth-order valence-electron chi connectivity index (χ4n) is 2.02. The van der Waals surface area contributed by atoms with Gasteiger partial charge in [-0.2, -0.15) is 13.2 Å². The van der Waals surface area contributed by atoms with E-state index < -0.39 is 17.8 Å². The fourth-order valence-corrected chi connectivity index (χ4v) is 2.40. The van der Waals surface area contributed by atoms with Gasteiger partial charge in [0.2, 0.25) is 0 Å². The molecule has 134 valence electrons. The van der Waals surface area contributed by atoms with Crippen LogP contribution in [0.5, 0.6) is 5.75 Å². The second kappa shape index (κ2) is 7.86. The van der Waals surface area contributed by atoms with Crippen molar-refractivity contribution in [2.24, 2.45) is 10.1 Å². The first kappa shape index (κ1) is 19.2. The number of alkyl halides is 3. The van der Waals surface area contributed by atoms with Crippen LogP contribution in [0.4, 0.5) is 13.2 Å². The molecule has 1 aliphatic rings. The number of aliphatic imine (C=N–C) groups is 1. The van der Waals surface area contributed by atoms with Gasteiger partial charge in [-0.1, -0.05) is 11.2 Å². The minimum absolute atomic E-state index is 0.0791. The third-order valence-electron chi connectivity index (χ3n) is 3.31. The van der Waals surface area contributed by atoms with Gasteiger partial charge in [0.05, 0.1) is 11.3 Å². The summed E-state index contributed by atoms with van der Waals surface area (Å²) in [4.78, 5) is 9.15. The number of halogens is 4. The van der Waals surface area contributed by atoms with Gasteiger partial charge in [-0.15, -0.1) is 0 Å². The molecule has 0 radical (unpaired) electrons. The lowest BCUT2D eigenvalue weighted by molar-refractivity contribution is -0.137. The van der Waals surface area contributed by atoms with Crippen LogP contribution < -0.4 is 4.74 Å². The van der Waals surface area contributed by atoms with Crippen LogP contribution in [0.1, 0.15) is 25.8 Å². The van der Waals surface area contributed by atoms with Crippen LogP contribution in [0.15, 0.2) is 57.5 Å². The van der Waals surface area contributed by atoms with Crippen LogP contribution in [-0.2, 0) is 11.0 Å². The van der Waals surface area contributed by atoms with Crippen LogP contribution in [0.25, 0.3) is 0 Å². The Kier molecular flexibility index (Phi) is 6.05. The number of benzene rings is 1. The van der Waals surface area contributed by atoms with Gasteiger partial charge in [0.15, 0.2) is 6.10 Å². The summed E-state index contributed by atoms with van der Waals surface area (Å²) >= 11 is 3.24. The van der Waals surface area contributed by atoms with Crippen molar-refractivity contribution in [2.45, 2.75) is 32.5 Å². The van der Waals surface area contributed by atoms with Crippen molar-refractivity contribution in [3.05, 3.63) is 52.9 Å². The maximum absolute atomic E-state index is 12.8. The van der Waals surface area contributed by atoms with Gasteiger partial charge < -0.3 is 9.57 Å². The number of nitrogens with zero attached hydrogens (tertiary/aromatic N) is 2.